The molecule has 6 heteroatoms. The average Bonchev–Trinajstić information content (AvgIpc) is 3.21. The summed E-state index contributed by atoms with van der Waals surface area (Å²) in [5.41, 5.74) is 0.704. The molecule has 1 aliphatic carbocycles. The van der Waals surface area contributed by atoms with Crippen molar-refractivity contribution < 1.29 is 19.4 Å². The van der Waals surface area contributed by atoms with Crippen LogP contribution in [0.4, 0.5) is 0 Å². The molecule has 1 aromatic heterocycles. The predicted octanol–water partition coefficient (Wildman–Crippen LogP) is 1.15. The van der Waals surface area contributed by atoms with E-state index in [2.05, 4.69) is 4.98 Å². The van der Waals surface area contributed by atoms with Crippen LogP contribution in [0, 0.1) is 0 Å². The molecule has 0 spiro atoms. The maximum absolute atomic E-state index is 10.9. The Hall–Kier alpha value is -1.82. The van der Waals surface area contributed by atoms with Crippen molar-refractivity contribution in [3.63, 3.8) is 0 Å². The highest BCUT2D eigenvalue weighted by atomic mass is 16.5. The third-order valence-electron chi connectivity index (χ3n) is 3.12. The minimum absolute atomic E-state index is 0.0205. The monoisotopic (exact) mass is 266 g/mol. The molecule has 0 bridgehead atoms. The number of methoxy groups -OCH3 is 2. The van der Waals surface area contributed by atoms with Gasteiger partial charge in [-0.3, -0.25) is 14.7 Å². The summed E-state index contributed by atoms with van der Waals surface area (Å²) in [5.74, 6) is 0.355. The molecule has 1 heterocycles. The third-order valence-corrected chi connectivity index (χ3v) is 3.12. The molecule has 6 nitrogen and oxygen atoms in total. The van der Waals surface area contributed by atoms with Crippen LogP contribution < -0.4 is 9.47 Å². The zero-order valence-corrected chi connectivity index (χ0v) is 11.1. The van der Waals surface area contributed by atoms with Gasteiger partial charge in [0.15, 0.2) is 11.5 Å². The van der Waals surface area contributed by atoms with Gasteiger partial charge in [0.25, 0.3) is 0 Å². The molecular formula is C13H18N2O4. The Bertz CT molecular complexity index is 460. The van der Waals surface area contributed by atoms with Gasteiger partial charge in [-0.2, -0.15) is 0 Å². The fraction of sp³-hybridized carbons (Fsp3) is 0.538. The third kappa shape index (κ3) is 3.35. The Morgan fingerprint density at radius 3 is 2.74 bits per heavy atom. The number of aromatic nitrogens is 1. The Kier molecular flexibility index (Phi) is 4.21. The van der Waals surface area contributed by atoms with Crippen molar-refractivity contribution in [2.24, 2.45) is 0 Å². The summed E-state index contributed by atoms with van der Waals surface area (Å²) in [4.78, 5) is 17.1. The summed E-state index contributed by atoms with van der Waals surface area (Å²) < 4.78 is 10.5. The molecule has 1 aromatic rings. The highest BCUT2D eigenvalue weighted by Gasteiger charge is 2.31. The molecule has 19 heavy (non-hydrogen) atoms. The van der Waals surface area contributed by atoms with E-state index in [4.69, 9.17) is 14.6 Å². The molecule has 1 fully saturated rings. The maximum Gasteiger partial charge on any atom is 0.317 e. The van der Waals surface area contributed by atoms with Crippen LogP contribution in [0.1, 0.15) is 18.5 Å². The van der Waals surface area contributed by atoms with Crippen LogP contribution in [-0.2, 0) is 11.3 Å². The molecule has 1 saturated carbocycles. The molecule has 0 unspecified atom stereocenters. The Labute approximate surface area is 112 Å². The van der Waals surface area contributed by atoms with E-state index in [0.29, 0.717) is 29.8 Å². The lowest BCUT2D eigenvalue weighted by molar-refractivity contribution is -0.138. The summed E-state index contributed by atoms with van der Waals surface area (Å²) in [6, 6.07) is 2.06. The van der Waals surface area contributed by atoms with Gasteiger partial charge in [0.1, 0.15) is 5.69 Å². The first-order chi connectivity index (χ1) is 9.15. The first-order valence-corrected chi connectivity index (χ1v) is 6.17. The van der Waals surface area contributed by atoms with E-state index in [1.807, 2.05) is 4.90 Å². The van der Waals surface area contributed by atoms with E-state index < -0.39 is 5.97 Å². The minimum atomic E-state index is -0.825. The molecule has 0 radical (unpaired) electrons. The van der Waals surface area contributed by atoms with Gasteiger partial charge in [-0.05, 0) is 12.8 Å². The number of aliphatic carboxylic acids is 1. The molecule has 0 amide bonds. The van der Waals surface area contributed by atoms with Crippen LogP contribution >= 0.6 is 0 Å². The van der Waals surface area contributed by atoms with Crippen molar-refractivity contribution >= 4 is 5.97 Å². The number of carbonyl (C=O) groups is 1. The largest absolute Gasteiger partial charge is 0.493 e. The van der Waals surface area contributed by atoms with Crippen LogP contribution in [0.25, 0.3) is 0 Å². The number of nitrogens with zero attached hydrogens (tertiary/aromatic N) is 2. The number of carboxylic acid groups (broad SMARTS) is 1. The number of pyridine rings is 1. The van der Waals surface area contributed by atoms with Gasteiger partial charge >= 0.3 is 5.97 Å². The van der Waals surface area contributed by atoms with Crippen LogP contribution in [0.15, 0.2) is 12.3 Å². The smallest absolute Gasteiger partial charge is 0.317 e. The molecule has 1 aliphatic rings. The molecular weight excluding hydrogens is 248 g/mol. The van der Waals surface area contributed by atoms with Crippen molar-refractivity contribution in [1.29, 1.82) is 0 Å². The Morgan fingerprint density at radius 2 is 2.21 bits per heavy atom. The average molecular weight is 266 g/mol. The first kappa shape index (κ1) is 13.6. The van der Waals surface area contributed by atoms with E-state index in [1.165, 1.54) is 0 Å². The van der Waals surface area contributed by atoms with E-state index in [1.54, 1.807) is 26.5 Å². The van der Waals surface area contributed by atoms with Gasteiger partial charge in [-0.1, -0.05) is 0 Å². The molecule has 0 atom stereocenters. The van der Waals surface area contributed by atoms with Gasteiger partial charge < -0.3 is 14.6 Å². The van der Waals surface area contributed by atoms with E-state index in [-0.39, 0.29) is 6.54 Å². The van der Waals surface area contributed by atoms with Crippen molar-refractivity contribution in [3.05, 3.63) is 18.0 Å². The standard InChI is InChI=1S/C13H18N2O4/c1-18-11-5-6-14-10(13(11)19-2)7-15(8-12(16)17)9-3-4-9/h5-6,9H,3-4,7-8H2,1-2H3,(H,16,17). The van der Waals surface area contributed by atoms with Crippen molar-refractivity contribution in [1.82, 2.24) is 9.88 Å². The number of carboxylic acids is 1. The normalized spacial score (nSPS) is 14.5. The van der Waals surface area contributed by atoms with Crippen LogP contribution in [0.5, 0.6) is 11.5 Å². The van der Waals surface area contributed by atoms with Crippen LogP contribution in [0.3, 0.4) is 0 Å². The van der Waals surface area contributed by atoms with Crippen LogP contribution in [-0.4, -0.2) is 47.8 Å². The SMILES string of the molecule is COc1ccnc(CN(CC(=O)O)C2CC2)c1OC. The second kappa shape index (κ2) is 5.88. The molecule has 104 valence electrons. The van der Waals surface area contributed by atoms with E-state index in [9.17, 15) is 4.79 Å². The number of hydrogen-bond donors (Lipinski definition) is 1. The number of rotatable bonds is 7. The zero-order chi connectivity index (χ0) is 13.8. The fourth-order valence-electron chi connectivity index (χ4n) is 2.08. The lowest BCUT2D eigenvalue weighted by Gasteiger charge is -2.21. The molecule has 2 rings (SSSR count). The van der Waals surface area contributed by atoms with Crippen molar-refractivity contribution in [2.45, 2.75) is 25.4 Å². The lowest BCUT2D eigenvalue weighted by atomic mass is 10.2. The quantitative estimate of drug-likeness (QED) is 0.798. The zero-order valence-electron chi connectivity index (χ0n) is 11.1. The van der Waals surface area contributed by atoms with E-state index >= 15 is 0 Å². The van der Waals surface area contributed by atoms with Crippen LogP contribution in [0.2, 0.25) is 0 Å². The summed E-state index contributed by atoms with van der Waals surface area (Å²) in [7, 11) is 3.12. The molecule has 1 N–H and O–H groups in total. The van der Waals surface area contributed by atoms with E-state index in [0.717, 1.165) is 12.8 Å². The van der Waals surface area contributed by atoms with Gasteiger partial charge in [-0.15, -0.1) is 0 Å². The minimum Gasteiger partial charge on any atom is -0.493 e. The molecule has 0 saturated heterocycles. The van der Waals surface area contributed by atoms with Gasteiger partial charge in [-0.25, -0.2) is 0 Å². The molecule has 0 aromatic carbocycles. The Morgan fingerprint density at radius 1 is 1.47 bits per heavy atom. The van der Waals surface area contributed by atoms with Crippen molar-refractivity contribution in [2.75, 3.05) is 20.8 Å². The number of ether oxygens (including phenoxy) is 2. The Balaban J connectivity index is 2.18. The summed E-state index contributed by atoms with van der Waals surface area (Å²) in [6.07, 6.45) is 3.72. The maximum atomic E-state index is 10.9. The predicted molar refractivity (Wildman–Crippen MR) is 68.4 cm³/mol. The second-order valence-corrected chi connectivity index (χ2v) is 4.52. The van der Waals surface area contributed by atoms with Gasteiger partial charge in [0.2, 0.25) is 0 Å². The second-order valence-electron chi connectivity index (χ2n) is 4.52. The highest BCUT2D eigenvalue weighted by Crippen LogP contribution is 2.33. The summed E-state index contributed by atoms with van der Waals surface area (Å²) in [6.45, 7) is 0.476. The lowest BCUT2D eigenvalue weighted by Crippen LogP contribution is -2.31. The van der Waals surface area contributed by atoms with Gasteiger partial charge in [0, 0.05) is 24.8 Å². The van der Waals surface area contributed by atoms with Gasteiger partial charge in [0.05, 0.1) is 20.8 Å². The number of hydrogen-bond acceptors (Lipinski definition) is 5. The first-order valence-electron chi connectivity index (χ1n) is 6.17. The van der Waals surface area contributed by atoms with Crippen molar-refractivity contribution in [3.8, 4) is 11.5 Å². The summed E-state index contributed by atoms with van der Waals surface area (Å²) in [5, 5.41) is 8.95. The summed E-state index contributed by atoms with van der Waals surface area (Å²) >= 11 is 0. The molecule has 0 aliphatic heterocycles. The fourth-order valence-corrected chi connectivity index (χ4v) is 2.08. The topological polar surface area (TPSA) is 71.9 Å². The highest BCUT2D eigenvalue weighted by molar-refractivity contribution is 5.69.